The van der Waals surface area contributed by atoms with Crippen molar-refractivity contribution in [1.82, 2.24) is 0 Å². The smallest absolute Gasteiger partial charge is 0.0944 e. The summed E-state index contributed by atoms with van der Waals surface area (Å²) in [5.41, 5.74) is 0.917. The van der Waals surface area contributed by atoms with Gasteiger partial charge in [-0.3, -0.25) is 5.01 Å². The van der Waals surface area contributed by atoms with E-state index < -0.39 is 0 Å². The van der Waals surface area contributed by atoms with Crippen LogP contribution in [-0.2, 0) is 0 Å². The summed E-state index contributed by atoms with van der Waals surface area (Å²) in [5.74, 6) is 5.63. The third-order valence-electron chi connectivity index (χ3n) is 1.37. The Bertz CT molecular complexity index is 246. The third-order valence-corrected chi connectivity index (χ3v) is 1.57. The molecule has 0 aliphatic carbocycles. The van der Waals surface area contributed by atoms with E-state index in [2.05, 4.69) is 0 Å². The molecule has 0 radical (unpaired) electrons. The summed E-state index contributed by atoms with van der Waals surface area (Å²) in [6, 6.07) is 9.61. The first kappa shape index (κ1) is 8.17. The number of thiocarbonyl (C=S) groups is 1. The molecule has 0 unspecified atom stereocenters. The topological polar surface area (TPSA) is 29.3 Å². The van der Waals surface area contributed by atoms with Gasteiger partial charge >= 0.3 is 0 Å². The van der Waals surface area contributed by atoms with Crippen molar-refractivity contribution in [2.45, 2.75) is 6.92 Å². The summed E-state index contributed by atoms with van der Waals surface area (Å²) in [6.07, 6.45) is 0. The minimum absolute atomic E-state index is 0.663. The Morgan fingerprint density at radius 2 is 1.91 bits per heavy atom. The molecular formula is C8H10N2S. The predicted octanol–water partition coefficient (Wildman–Crippen LogP) is 1.71. The Hall–Kier alpha value is -0.930. The van der Waals surface area contributed by atoms with Crippen molar-refractivity contribution in [2.75, 3.05) is 5.01 Å². The molecule has 2 N–H and O–H groups in total. The van der Waals surface area contributed by atoms with Crippen LogP contribution in [0.1, 0.15) is 6.92 Å². The summed E-state index contributed by atoms with van der Waals surface area (Å²) in [5, 5.41) is 1.48. The van der Waals surface area contributed by atoms with Crippen molar-refractivity contribution in [3.63, 3.8) is 0 Å². The lowest BCUT2D eigenvalue weighted by Gasteiger charge is -2.15. The molecule has 0 saturated heterocycles. The Labute approximate surface area is 71.6 Å². The highest BCUT2D eigenvalue weighted by atomic mass is 32.1. The fraction of sp³-hybridized carbons (Fsp3) is 0.125. The molecule has 0 aromatic heterocycles. The van der Waals surface area contributed by atoms with Crippen LogP contribution in [0.2, 0.25) is 0 Å². The molecule has 1 aromatic carbocycles. The number of nitrogens with zero attached hydrogens (tertiary/aromatic N) is 1. The van der Waals surface area contributed by atoms with Crippen molar-refractivity contribution in [3.8, 4) is 0 Å². The molecule has 0 atom stereocenters. The van der Waals surface area contributed by atoms with Gasteiger partial charge in [-0.1, -0.05) is 30.4 Å². The molecule has 0 aliphatic rings. The summed E-state index contributed by atoms with van der Waals surface area (Å²) < 4.78 is 0. The van der Waals surface area contributed by atoms with Gasteiger partial charge in [0.15, 0.2) is 0 Å². The quantitative estimate of drug-likeness (QED) is 0.391. The van der Waals surface area contributed by atoms with Gasteiger partial charge in [-0.2, -0.15) is 0 Å². The molecule has 2 nitrogen and oxygen atoms in total. The maximum absolute atomic E-state index is 5.63. The Balaban J connectivity index is 2.85. The van der Waals surface area contributed by atoms with Gasteiger partial charge in [0.1, 0.15) is 0 Å². The summed E-state index contributed by atoms with van der Waals surface area (Å²) >= 11 is 4.90. The van der Waals surface area contributed by atoms with Gasteiger partial charge in [0.25, 0.3) is 0 Å². The zero-order valence-corrected chi connectivity index (χ0v) is 7.14. The fourth-order valence-corrected chi connectivity index (χ4v) is 0.876. The molecule has 0 saturated carbocycles. The van der Waals surface area contributed by atoms with Crippen molar-refractivity contribution >= 4 is 22.9 Å². The number of rotatable bonds is 1. The number of benzene rings is 1. The summed E-state index contributed by atoms with van der Waals surface area (Å²) in [4.78, 5) is 0.663. The molecule has 58 valence electrons. The lowest BCUT2D eigenvalue weighted by molar-refractivity contribution is 1.14. The molecule has 0 spiro atoms. The molecule has 0 heterocycles. The zero-order valence-electron chi connectivity index (χ0n) is 6.32. The standard InChI is InChI=1S/C8H10N2S/c1-7(11)10(9)8-5-3-2-4-6-8/h2-6H,9H2,1H3. The summed E-state index contributed by atoms with van der Waals surface area (Å²) in [7, 11) is 0. The van der Waals surface area contributed by atoms with E-state index in [1.54, 1.807) is 6.92 Å². The van der Waals surface area contributed by atoms with E-state index in [0.29, 0.717) is 4.99 Å². The monoisotopic (exact) mass is 166 g/mol. The van der Waals surface area contributed by atoms with Crippen LogP contribution >= 0.6 is 12.2 Å². The van der Waals surface area contributed by atoms with Crippen LogP contribution in [0.25, 0.3) is 0 Å². The van der Waals surface area contributed by atoms with E-state index >= 15 is 0 Å². The maximum atomic E-state index is 5.63. The molecule has 0 amide bonds. The average molecular weight is 166 g/mol. The number of hydrogen-bond donors (Lipinski definition) is 1. The van der Waals surface area contributed by atoms with Crippen molar-refractivity contribution < 1.29 is 0 Å². The van der Waals surface area contributed by atoms with Gasteiger partial charge in [-0.05, 0) is 19.1 Å². The largest absolute Gasteiger partial charge is 0.273 e. The molecule has 3 heteroatoms. The highest BCUT2D eigenvalue weighted by Gasteiger charge is 1.99. The first-order valence-corrected chi connectivity index (χ1v) is 3.73. The van der Waals surface area contributed by atoms with Gasteiger partial charge in [0, 0.05) is 0 Å². The van der Waals surface area contributed by atoms with Crippen LogP contribution < -0.4 is 10.9 Å². The number of para-hydroxylation sites is 1. The molecule has 11 heavy (non-hydrogen) atoms. The highest BCUT2D eigenvalue weighted by Crippen LogP contribution is 2.09. The number of nitrogens with two attached hydrogens (primary N) is 1. The molecule has 1 aromatic rings. The molecule has 1 rings (SSSR count). The van der Waals surface area contributed by atoms with Gasteiger partial charge in [-0.15, -0.1) is 0 Å². The second-order valence-corrected chi connectivity index (χ2v) is 2.82. The van der Waals surface area contributed by atoms with Crippen LogP contribution in [0.15, 0.2) is 30.3 Å². The van der Waals surface area contributed by atoms with Gasteiger partial charge in [0.05, 0.1) is 10.7 Å². The Kier molecular flexibility index (Phi) is 2.57. The molecule has 0 fully saturated rings. The van der Waals surface area contributed by atoms with E-state index in [4.69, 9.17) is 18.1 Å². The van der Waals surface area contributed by atoms with E-state index in [0.717, 1.165) is 5.69 Å². The Morgan fingerprint density at radius 1 is 1.36 bits per heavy atom. The number of hydrogen-bond acceptors (Lipinski definition) is 2. The van der Waals surface area contributed by atoms with Crippen LogP contribution in [-0.4, -0.2) is 4.99 Å². The van der Waals surface area contributed by atoms with Gasteiger partial charge < -0.3 is 0 Å². The second-order valence-electron chi connectivity index (χ2n) is 2.22. The molecule has 0 bridgehead atoms. The summed E-state index contributed by atoms with van der Waals surface area (Å²) in [6.45, 7) is 1.79. The number of hydrazine groups is 1. The average Bonchev–Trinajstić information content (AvgIpc) is 2.05. The van der Waals surface area contributed by atoms with E-state index in [1.807, 2.05) is 30.3 Å². The van der Waals surface area contributed by atoms with Crippen molar-refractivity contribution in [1.29, 1.82) is 0 Å². The normalized spacial score (nSPS) is 9.27. The zero-order chi connectivity index (χ0) is 8.27. The van der Waals surface area contributed by atoms with Gasteiger partial charge in [-0.25, -0.2) is 5.84 Å². The van der Waals surface area contributed by atoms with Crippen LogP contribution in [0.4, 0.5) is 5.69 Å². The molecule has 0 aliphatic heterocycles. The molecular weight excluding hydrogens is 156 g/mol. The lowest BCUT2D eigenvalue weighted by Crippen LogP contribution is -2.34. The minimum Gasteiger partial charge on any atom is -0.273 e. The van der Waals surface area contributed by atoms with Crippen molar-refractivity contribution in [3.05, 3.63) is 30.3 Å². The SMILES string of the molecule is CC(=S)N(N)c1ccccc1. The lowest BCUT2D eigenvalue weighted by atomic mass is 10.3. The first-order chi connectivity index (χ1) is 5.22. The minimum atomic E-state index is 0.663. The first-order valence-electron chi connectivity index (χ1n) is 3.32. The Morgan fingerprint density at radius 3 is 2.36 bits per heavy atom. The highest BCUT2D eigenvalue weighted by molar-refractivity contribution is 7.80. The van der Waals surface area contributed by atoms with Crippen LogP contribution in [0.5, 0.6) is 0 Å². The van der Waals surface area contributed by atoms with Crippen LogP contribution in [0, 0.1) is 0 Å². The van der Waals surface area contributed by atoms with Crippen LogP contribution in [0.3, 0.4) is 0 Å². The fourth-order valence-electron chi connectivity index (χ4n) is 0.770. The predicted molar refractivity (Wildman–Crippen MR) is 51.4 cm³/mol. The van der Waals surface area contributed by atoms with Crippen molar-refractivity contribution in [2.24, 2.45) is 5.84 Å². The van der Waals surface area contributed by atoms with E-state index in [-0.39, 0.29) is 0 Å². The number of anilines is 1. The maximum Gasteiger partial charge on any atom is 0.0944 e. The van der Waals surface area contributed by atoms with E-state index in [1.165, 1.54) is 5.01 Å². The van der Waals surface area contributed by atoms with E-state index in [9.17, 15) is 0 Å². The third kappa shape index (κ3) is 2.00. The van der Waals surface area contributed by atoms with Gasteiger partial charge in [0.2, 0.25) is 0 Å². The second kappa shape index (κ2) is 3.46.